The predicted molar refractivity (Wildman–Crippen MR) is 191 cm³/mol. The number of anilines is 2. The van der Waals surface area contributed by atoms with E-state index in [1.54, 1.807) is 0 Å². The van der Waals surface area contributed by atoms with Gasteiger partial charge in [0.1, 0.15) is 0 Å². The number of hydrogen-bond donors (Lipinski definition) is 1. The molecule has 45 heavy (non-hydrogen) atoms. The van der Waals surface area contributed by atoms with E-state index in [0.29, 0.717) is 0 Å². The fourth-order valence-corrected chi connectivity index (χ4v) is 7.58. The maximum atomic E-state index is 4.01. The number of fused-ring (bicyclic) bond motifs is 10. The summed E-state index contributed by atoms with van der Waals surface area (Å²) in [4.78, 5) is 0. The number of hydrogen-bond acceptors (Lipinski definition) is 1. The summed E-state index contributed by atoms with van der Waals surface area (Å²) in [5.74, 6) is 0. The average Bonchev–Trinajstić information content (AvgIpc) is 3.56. The van der Waals surface area contributed by atoms with Crippen LogP contribution < -0.4 is 5.32 Å². The van der Waals surface area contributed by atoms with Gasteiger partial charge in [0, 0.05) is 11.4 Å². The smallest absolute Gasteiger partial charge is 0.0725 e. The Kier molecular flexibility index (Phi) is 6.61. The van der Waals surface area contributed by atoms with Crippen molar-refractivity contribution in [3.05, 3.63) is 186 Å². The molecule has 0 saturated carbocycles. The molecule has 6 aromatic rings. The highest BCUT2D eigenvalue weighted by Crippen LogP contribution is 2.62. The van der Waals surface area contributed by atoms with Crippen molar-refractivity contribution in [2.45, 2.75) is 25.2 Å². The van der Waals surface area contributed by atoms with Crippen molar-refractivity contribution >= 4 is 16.9 Å². The first-order chi connectivity index (χ1) is 22.2. The van der Waals surface area contributed by atoms with Crippen molar-refractivity contribution in [3.8, 4) is 33.4 Å². The summed E-state index contributed by atoms with van der Waals surface area (Å²) in [5, 5.41) is 3.64. The van der Waals surface area contributed by atoms with Gasteiger partial charge in [-0.1, -0.05) is 141 Å². The second-order valence-electron chi connectivity index (χ2n) is 12.1. The Balaban J connectivity index is 1.20. The quantitative estimate of drug-likeness (QED) is 0.186. The van der Waals surface area contributed by atoms with Crippen LogP contribution in [-0.2, 0) is 5.41 Å². The van der Waals surface area contributed by atoms with Crippen LogP contribution in [-0.4, -0.2) is 0 Å². The van der Waals surface area contributed by atoms with Gasteiger partial charge in [-0.05, 0) is 104 Å². The summed E-state index contributed by atoms with van der Waals surface area (Å²) in [7, 11) is 0. The van der Waals surface area contributed by atoms with E-state index in [9.17, 15) is 0 Å². The SMILES string of the molecule is C=C/C(=C\CCC)c1ccc(Nc2cccc(-c3ccc4c(c3)C3(c5ccccc5-c5ccccc53)c3ccccc3-4)c2)cc1. The maximum Gasteiger partial charge on any atom is 0.0725 e. The molecule has 216 valence electrons. The van der Waals surface area contributed by atoms with Crippen molar-refractivity contribution in [2.75, 3.05) is 5.32 Å². The fourth-order valence-electron chi connectivity index (χ4n) is 7.58. The summed E-state index contributed by atoms with van der Waals surface area (Å²) in [6.45, 7) is 6.21. The van der Waals surface area contributed by atoms with E-state index in [-0.39, 0.29) is 5.41 Å². The summed E-state index contributed by atoms with van der Waals surface area (Å²) in [6, 6.07) is 51.4. The van der Waals surface area contributed by atoms with Crippen LogP contribution in [0.5, 0.6) is 0 Å². The molecule has 1 heteroatoms. The van der Waals surface area contributed by atoms with Gasteiger partial charge >= 0.3 is 0 Å². The van der Waals surface area contributed by atoms with Crippen molar-refractivity contribution in [1.29, 1.82) is 0 Å². The molecule has 1 nitrogen and oxygen atoms in total. The lowest BCUT2D eigenvalue weighted by atomic mass is 9.70. The summed E-state index contributed by atoms with van der Waals surface area (Å²) in [6.07, 6.45) is 6.40. The fraction of sp³-hybridized carbons (Fsp3) is 0.0909. The molecule has 0 saturated heterocycles. The van der Waals surface area contributed by atoms with Crippen LogP contribution in [0, 0.1) is 0 Å². The summed E-state index contributed by atoms with van der Waals surface area (Å²) >= 11 is 0. The second kappa shape index (κ2) is 10.9. The Morgan fingerprint density at radius 1 is 0.578 bits per heavy atom. The molecule has 0 unspecified atom stereocenters. The molecule has 1 spiro atoms. The summed E-state index contributed by atoms with van der Waals surface area (Å²) in [5.41, 5.74) is 17.4. The lowest BCUT2D eigenvalue weighted by Gasteiger charge is -2.30. The molecule has 0 aliphatic heterocycles. The molecule has 0 amide bonds. The van der Waals surface area contributed by atoms with Gasteiger partial charge in [-0.2, -0.15) is 0 Å². The molecule has 2 aliphatic rings. The van der Waals surface area contributed by atoms with Gasteiger partial charge in [-0.3, -0.25) is 0 Å². The largest absolute Gasteiger partial charge is 0.356 e. The lowest BCUT2D eigenvalue weighted by molar-refractivity contribution is 0.794. The Morgan fingerprint density at radius 3 is 1.76 bits per heavy atom. The minimum Gasteiger partial charge on any atom is -0.356 e. The number of rotatable bonds is 7. The highest BCUT2D eigenvalue weighted by Gasteiger charge is 2.51. The Morgan fingerprint density at radius 2 is 1.16 bits per heavy atom. The molecule has 8 rings (SSSR count). The second-order valence-corrected chi connectivity index (χ2v) is 12.1. The van der Waals surface area contributed by atoms with E-state index in [4.69, 9.17) is 0 Å². The topological polar surface area (TPSA) is 12.0 Å². The molecular weight excluding hydrogens is 542 g/mol. The molecule has 6 aromatic carbocycles. The van der Waals surface area contributed by atoms with E-state index in [1.807, 2.05) is 6.08 Å². The number of unbranched alkanes of at least 4 members (excludes halogenated alkanes) is 1. The van der Waals surface area contributed by atoms with Crippen LogP contribution >= 0.6 is 0 Å². The number of nitrogens with one attached hydrogen (secondary N) is 1. The van der Waals surface area contributed by atoms with Crippen LogP contribution in [0.15, 0.2) is 158 Å². The minimum atomic E-state index is -0.331. The Hall–Kier alpha value is -5.40. The van der Waals surface area contributed by atoms with Crippen LogP contribution in [0.25, 0.3) is 39.0 Å². The van der Waals surface area contributed by atoms with Crippen LogP contribution in [0.4, 0.5) is 11.4 Å². The first-order valence-corrected chi connectivity index (χ1v) is 16.0. The first kappa shape index (κ1) is 27.2. The Labute approximate surface area is 266 Å². The molecular formula is C44H35N. The highest BCUT2D eigenvalue weighted by atomic mass is 14.9. The van der Waals surface area contributed by atoms with Gasteiger partial charge in [-0.15, -0.1) is 0 Å². The standard InChI is InChI=1S/C44H35N/c1-3-5-13-30(4-2)31-22-25-34(26-23-31)45-35-15-12-14-32(28-35)33-24-27-39-38-18-8-11-21-42(38)44(43(39)29-33)40-19-9-6-16-36(40)37-17-7-10-20-41(37)44/h4,6-29,45H,2-3,5H2,1H3/b30-13+. The van der Waals surface area contributed by atoms with Crippen LogP contribution in [0.2, 0.25) is 0 Å². The minimum absolute atomic E-state index is 0.331. The van der Waals surface area contributed by atoms with Gasteiger partial charge in [0.15, 0.2) is 0 Å². The molecule has 2 aliphatic carbocycles. The molecule has 0 fully saturated rings. The average molecular weight is 578 g/mol. The summed E-state index contributed by atoms with van der Waals surface area (Å²) < 4.78 is 0. The van der Waals surface area contributed by atoms with Crippen LogP contribution in [0.1, 0.15) is 47.6 Å². The van der Waals surface area contributed by atoms with E-state index < -0.39 is 0 Å². The zero-order valence-corrected chi connectivity index (χ0v) is 25.6. The van der Waals surface area contributed by atoms with Gasteiger partial charge in [0.2, 0.25) is 0 Å². The maximum absolute atomic E-state index is 4.01. The lowest BCUT2D eigenvalue weighted by Crippen LogP contribution is -2.25. The van der Waals surface area contributed by atoms with Crippen molar-refractivity contribution in [3.63, 3.8) is 0 Å². The molecule has 0 bridgehead atoms. The van der Waals surface area contributed by atoms with Gasteiger partial charge in [-0.25, -0.2) is 0 Å². The zero-order valence-electron chi connectivity index (χ0n) is 25.6. The molecule has 0 atom stereocenters. The van der Waals surface area contributed by atoms with Crippen molar-refractivity contribution < 1.29 is 0 Å². The van der Waals surface area contributed by atoms with Crippen LogP contribution in [0.3, 0.4) is 0 Å². The van der Waals surface area contributed by atoms with Gasteiger partial charge in [0.05, 0.1) is 5.41 Å². The normalized spacial score (nSPS) is 13.6. The molecule has 0 aromatic heterocycles. The Bertz CT molecular complexity index is 2050. The molecule has 1 N–H and O–H groups in total. The van der Waals surface area contributed by atoms with Gasteiger partial charge < -0.3 is 5.32 Å². The van der Waals surface area contributed by atoms with E-state index in [0.717, 1.165) is 24.2 Å². The van der Waals surface area contributed by atoms with Gasteiger partial charge in [0.25, 0.3) is 0 Å². The van der Waals surface area contributed by atoms with E-state index in [1.165, 1.54) is 66.8 Å². The highest BCUT2D eigenvalue weighted by molar-refractivity contribution is 5.96. The van der Waals surface area contributed by atoms with Crippen molar-refractivity contribution in [2.24, 2.45) is 0 Å². The third kappa shape index (κ3) is 4.23. The molecule has 0 radical (unpaired) electrons. The third-order valence-corrected chi connectivity index (χ3v) is 9.57. The predicted octanol–water partition coefficient (Wildman–Crippen LogP) is 11.8. The number of allylic oxidation sites excluding steroid dienone is 3. The number of benzene rings is 6. The van der Waals surface area contributed by atoms with E-state index in [2.05, 4.69) is 164 Å². The first-order valence-electron chi connectivity index (χ1n) is 16.0. The van der Waals surface area contributed by atoms with Crippen molar-refractivity contribution in [1.82, 2.24) is 0 Å². The van der Waals surface area contributed by atoms with E-state index >= 15 is 0 Å². The molecule has 0 heterocycles. The zero-order chi connectivity index (χ0) is 30.4. The monoisotopic (exact) mass is 577 g/mol. The third-order valence-electron chi connectivity index (χ3n) is 9.57.